The van der Waals surface area contributed by atoms with Gasteiger partial charge in [0.2, 0.25) is 0 Å². The number of nitrogens with zero attached hydrogens (tertiary/aromatic N) is 5. The number of rotatable bonds is 3. The van der Waals surface area contributed by atoms with Crippen molar-refractivity contribution in [2.24, 2.45) is 5.11 Å². The van der Waals surface area contributed by atoms with Crippen LogP contribution in [0.15, 0.2) is 47.7 Å². The van der Waals surface area contributed by atoms with Gasteiger partial charge in [-0.05, 0) is 35.9 Å². The summed E-state index contributed by atoms with van der Waals surface area (Å²) < 4.78 is 1.88. The minimum absolute atomic E-state index is 0.190. The molecule has 0 unspecified atom stereocenters. The van der Waals surface area contributed by atoms with Gasteiger partial charge in [-0.2, -0.15) is 0 Å². The van der Waals surface area contributed by atoms with Gasteiger partial charge in [0.15, 0.2) is 0 Å². The van der Waals surface area contributed by atoms with E-state index in [4.69, 9.17) is 28.7 Å². The minimum Gasteiger partial charge on any atom is -0.303 e. The van der Waals surface area contributed by atoms with E-state index in [9.17, 15) is 0 Å². The quantitative estimate of drug-likeness (QED) is 0.375. The molecule has 1 aromatic carbocycles. The fourth-order valence-electron chi connectivity index (χ4n) is 2.19. The topological polar surface area (TPSA) is 66.1 Å². The van der Waals surface area contributed by atoms with Gasteiger partial charge in [0.1, 0.15) is 5.65 Å². The smallest absolute Gasteiger partial charge is 0.137 e. The van der Waals surface area contributed by atoms with Crippen molar-refractivity contribution in [3.8, 4) is 11.3 Å². The standard InChI is InChI=1S/C14H9Cl2N5/c15-9-4-5-10(11(16)7-9)14-12(8-18-20-17)21-6-2-1-3-13(21)19-14/h1-7H,8H2. The Balaban J connectivity index is 2.27. The normalized spacial score (nSPS) is 10.6. The van der Waals surface area contributed by atoms with E-state index in [1.165, 1.54) is 0 Å². The van der Waals surface area contributed by atoms with Crippen LogP contribution in [0.1, 0.15) is 5.69 Å². The summed E-state index contributed by atoms with van der Waals surface area (Å²) >= 11 is 12.2. The van der Waals surface area contributed by atoms with E-state index in [2.05, 4.69) is 15.0 Å². The van der Waals surface area contributed by atoms with Gasteiger partial charge in [-0.25, -0.2) is 4.98 Å². The van der Waals surface area contributed by atoms with Crippen molar-refractivity contribution in [1.29, 1.82) is 0 Å². The first-order chi connectivity index (χ1) is 10.2. The highest BCUT2D eigenvalue weighted by atomic mass is 35.5. The third-order valence-corrected chi connectivity index (χ3v) is 3.65. The van der Waals surface area contributed by atoms with E-state index in [1.807, 2.05) is 34.9 Å². The van der Waals surface area contributed by atoms with Crippen LogP contribution in [-0.2, 0) is 6.54 Å². The van der Waals surface area contributed by atoms with Gasteiger partial charge in [-0.1, -0.05) is 34.4 Å². The molecule has 0 fully saturated rings. The van der Waals surface area contributed by atoms with Gasteiger partial charge >= 0.3 is 0 Å². The summed E-state index contributed by atoms with van der Waals surface area (Å²) in [6, 6.07) is 10.9. The highest BCUT2D eigenvalue weighted by Gasteiger charge is 2.15. The van der Waals surface area contributed by atoms with Crippen LogP contribution >= 0.6 is 23.2 Å². The minimum atomic E-state index is 0.190. The zero-order valence-corrected chi connectivity index (χ0v) is 12.3. The van der Waals surface area contributed by atoms with Crippen LogP contribution in [0.2, 0.25) is 10.0 Å². The van der Waals surface area contributed by atoms with Gasteiger partial charge in [0.25, 0.3) is 0 Å². The van der Waals surface area contributed by atoms with Gasteiger partial charge in [-0.3, -0.25) is 0 Å². The van der Waals surface area contributed by atoms with E-state index >= 15 is 0 Å². The second kappa shape index (κ2) is 5.66. The summed E-state index contributed by atoms with van der Waals surface area (Å²) in [4.78, 5) is 7.40. The molecule has 7 heteroatoms. The molecule has 0 spiro atoms. The number of hydrogen-bond donors (Lipinski definition) is 0. The number of fused-ring (bicyclic) bond motifs is 1. The molecule has 104 valence electrons. The average Bonchev–Trinajstić information content (AvgIpc) is 2.83. The Morgan fingerprint density at radius 1 is 1.24 bits per heavy atom. The van der Waals surface area contributed by atoms with E-state index in [-0.39, 0.29) is 6.54 Å². The Kier molecular flexibility index (Phi) is 3.71. The molecule has 21 heavy (non-hydrogen) atoms. The van der Waals surface area contributed by atoms with Crippen molar-refractivity contribution in [2.75, 3.05) is 0 Å². The highest BCUT2D eigenvalue weighted by molar-refractivity contribution is 6.36. The van der Waals surface area contributed by atoms with E-state index in [1.54, 1.807) is 12.1 Å². The van der Waals surface area contributed by atoms with Crippen LogP contribution in [0.25, 0.3) is 27.3 Å². The summed E-state index contributed by atoms with van der Waals surface area (Å²) in [5, 5.41) is 4.72. The largest absolute Gasteiger partial charge is 0.303 e. The third kappa shape index (κ3) is 2.54. The molecule has 0 aliphatic heterocycles. The highest BCUT2D eigenvalue weighted by Crippen LogP contribution is 2.32. The number of hydrogen-bond acceptors (Lipinski definition) is 2. The average molecular weight is 318 g/mol. The number of azide groups is 1. The molecular formula is C14H9Cl2N5. The van der Waals surface area contributed by atoms with E-state index in [0.717, 1.165) is 16.9 Å². The first-order valence-corrected chi connectivity index (χ1v) is 6.88. The van der Waals surface area contributed by atoms with Gasteiger partial charge in [0, 0.05) is 21.7 Å². The van der Waals surface area contributed by atoms with Crippen molar-refractivity contribution < 1.29 is 0 Å². The maximum absolute atomic E-state index is 8.57. The lowest BCUT2D eigenvalue weighted by Gasteiger charge is -2.04. The van der Waals surface area contributed by atoms with Crippen molar-refractivity contribution in [1.82, 2.24) is 9.38 Å². The Morgan fingerprint density at radius 3 is 2.86 bits per heavy atom. The maximum Gasteiger partial charge on any atom is 0.137 e. The second-order valence-corrected chi connectivity index (χ2v) is 5.19. The lowest BCUT2D eigenvalue weighted by atomic mass is 10.1. The van der Waals surface area contributed by atoms with Crippen molar-refractivity contribution >= 4 is 28.8 Å². The molecule has 0 radical (unpaired) electrons. The molecular weight excluding hydrogens is 309 g/mol. The number of benzene rings is 1. The molecule has 0 N–H and O–H groups in total. The predicted molar refractivity (Wildman–Crippen MR) is 83.5 cm³/mol. The Labute approximate surface area is 130 Å². The lowest BCUT2D eigenvalue weighted by Crippen LogP contribution is -1.92. The Hall–Kier alpha value is -2.20. The Bertz CT molecular complexity index is 865. The third-order valence-electron chi connectivity index (χ3n) is 3.10. The molecule has 3 rings (SSSR count). The molecule has 0 bridgehead atoms. The van der Waals surface area contributed by atoms with Crippen molar-refractivity contribution in [3.05, 3.63) is 68.8 Å². The van der Waals surface area contributed by atoms with Crippen LogP contribution in [0.5, 0.6) is 0 Å². The molecule has 2 aromatic heterocycles. The van der Waals surface area contributed by atoms with Gasteiger partial charge in [-0.15, -0.1) is 0 Å². The molecule has 0 saturated heterocycles. The number of halogens is 2. The van der Waals surface area contributed by atoms with E-state index in [0.29, 0.717) is 15.7 Å². The summed E-state index contributed by atoms with van der Waals surface area (Å²) in [5.41, 5.74) is 11.6. The molecule has 0 saturated carbocycles. The number of aromatic nitrogens is 2. The Morgan fingerprint density at radius 2 is 2.10 bits per heavy atom. The number of imidazole rings is 1. The summed E-state index contributed by atoms with van der Waals surface area (Å²) in [6.07, 6.45) is 1.87. The molecule has 5 nitrogen and oxygen atoms in total. The van der Waals surface area contributed by atoms with Gasteiger partial charge in [0.05, 0.1) is 23.0 Å². The first kappa shape index (κ1) is 13.8. The van der Waals surface area contributed by atoms with Crippen LogP contribution in [0.4, 0.5) is 0 Å². The van der Waals surface area contributed by atoms with Crippen LogP contribution in [0.3, 0.4) is 0 Å². The monoisotopic (exact) mass is 317 g/mol. The summed E-state index contributed by atoms with van der Waals surface area (Å²) in [5.74, 6) is 0. The fourth-order valence-corrected chi connectivity index (χ4v) is 2.69. The zero-order valence-electron chi connectivity index (χ0n) is 10.7. The number of pyridine rings is 1. The molecule has 3 aromatic rings. The SMILES string of the molecule is [N-]=[N+]=NCc1c(-c2ccc(Cl)cc2Cl)nc2ccccn12. The maximum atomic E-state index is 8.57. The molecule has 0 atom stereocenters. The van der Waals surface area contributed by atoms with Crippen molar-refractivity contribution in [3.63, 3.8) is 0 Å². The van der Waals surface area contributed by atoms with Crippen LogP contribution in [-0.4, -0.2) is 9.38 Å². The van der Waals surface area contributed by atoms with Gasteiger partial charge < -0.3 is 4.40 Å². The second-order valence-electron chi connectivity index (χ2n) is 4.35. The lowest BCUT2D eigenvalue weighted by molar-refractivity contribution is 0.950. The van der Waals surface area contributed by atoms with Crippen LogP contribution in [0, 0.1) is 0 Å². The zero-order chi connectivity index (χ0) is 14.8. The summed E-state index contributed by atoms with van der Waals surface area (Å²) in [7, 11) is 0. The molecule has 0 amide bonds. The summed E-state index contributed by atoms with van der Waals surface area (Å²) in [6.45, 7) is 0.190. The van der Waals surface area contributed by atoms with E-state index < -0.39 is 0 Å². The molecule has 0 aliphatic carbocycles. The fraction of sp³-hybridized carbons (Fsp3) is 0.0714. The molecule has 0 aliphatic rings. The predicted octanol–water partition coefficient (Wildman–Crippen LogP) is 5.12. The van der Waals surface area contributed by atoms with Crippen molar-refractivity contribution in [2.45, 2.75) is 6.54 Å². The first-order valence-electron chi connectivity index (χ1n) is 6.13. The molecule has 2 heterocycles. The van der Waals surface area contributed by atoms with Crippen LogP contribution < -0.4 is 0 Å².